The molecule has 1 amide bonds. The number of likely N-dealkylation sites (N-methyl/N-ethyl adjacent to an activating group) is 1. The Morgan fingerprint density at radius 3 is 2.00 bits per heavy atom. The first-order valence-corrected chi connectivity index (χ1v) is 7.01. The number of carboxylic acid groups (broad SMARTS) is 1. The summed E-state index contributed by atoms with van der Waals surface area (Å²) in [7, 11) is 0. The highest BCUT2D eigenvalue weighted by molar-refractivity contribution is 5.78. The molecular weight excluding hydrogens is 246 g/mol. The Kier molecular flexibility index (Phi) is 6.80. The Morgan fingerprint density at radius 2 is 1.53 bits per heavy atom. The lowest BCUT2D eigenvalue weighted by Gasteiger charge is -2.24. The zero-order valence-electron chi connectivity index (χ0n) is 12.0. The molecule has 1 heterocycles. The molecule has 6 nitrogen and oxygen atoms in total. The van der Waals surface area contributed by atoms with E-state index in [1.54, 1.807) is 0 Å². The van der Waals surface area contributed by atoms with Gasteiger partial charge in [0.1, 0.15) is 0 Å². The molecule has 19 heavy (non-hydrogen) atoms. The summed E-state index contributed by atoms with van der Waals surface area (Å²) in [5.74, 6) is -0.621. The molecule has 0 unspecified atom stereocenters. The van der Waals surface area contributed by atoms with E-state index in [0.29, 0.717) is 6.54 Å². The van der Waals surface area contributed by atoms with Gasteiger partial charge < -0.3 is 10.0 Å². The molecule has 0 saturated carbocycles. The fourth-order valence-corrected chi connectivity index (χ4v) is 2.40. The molecule has 0 aromatic carbocycles. The van der Waals surface area contributed by atoms with Gasteiger partial charge in [0.25, 0.3) is 0 Å². The number of hydrogen-bond donors (Lipinski definition) is 1. The van der Waals surface area contributed by atoms with Crippen LogP contribution in [0.4, 0.5) is 0 Å². The first-order valence-electron chi connectivity index (χ1n) is 7.01. The molecule has 1 saturated heterocycles. The van der Waals surface area contributed by atoms with Crippen LogP contribution in [-0.2, 0) is 9.59 Å². The van der Waals surface area contributed by atoms with E-state index in [0.717, 1.165) is 45.7 Å². The standard InChI is InChI=1S/C13H25N3O3/c1-3-16(4-2)12(17)10-14-6-5-7-15(9-8-14)11-13(18)19/h3-11H2,1-2H3,(H,18,19). The van der Waals surface area contributed by atoms with Crippen LogP contribution in [0, 0.1) is 0 Å². The number of nitrogens with zero attached hydrogens (tertiary/aromatic N) is 3. The van der Waals surface area contributed by atoms with Crippen LogP contribution in [0.5, 0.6) is 0 Å². The molecule has 0 bridgehead atoms. The van der Waals surface area contributed by atoms with Gasteiger partial charge in [-0.05, 0) is 26.8 Å². The molecule has 1 rings (SSSR count). The maximum Gasteiger partial charge on any atom is 0.317 e. The second-order valence-corrected chi connectivity index (χ2v) is 4.87. The Morgan fingerprint density at radius 1 is 1.00 bits per heavy atom. The van der Waals surface area contributed by atoms with Crippen LogP contribution in [0.2, 0.25) is 0 Å². The Hall–Kier alpha value is -1.14. The van der Waals surface area contributed by atoms with Crippen LogP contribution < -0.4 is 0 Å². The van der Waals surface area contributed by atoms with Crippen molar-refractivity contribution in [3.05, 3.63) is 0 Å². The maximum absolute atomic E-state index is 12.0. The average Bonchev–Trinajstić information content (AvgIpc) is 2.56. The van der Waals surface area contributed by atoms with Crippen molar-refractivity contribution >= 4 is 11.9 Å². The minimum atomic E-state index is -0.785. The molecule has 1 fully saturated rings. The number of aliphatic carboxylic acids is 1. The Balaban J connectivity index is 2.40. The van der Waals surface area contributed by atoms with Gasteiger partial charge in [-0.3, -0.25) is 19.4 Å². The molecule has 0 atom stereocenters. The molecule has 0 aromatic rings. The fourth-order valence-electron chi connectivity index (χ4n) is 2.40. The summed E-state index contributed by atoms with van der Waals surface area (Å²) < 4.78 is 0. The van der Waals surface area contributed by atoms with E-state index >= 15 is 0 Å². The van der Waals surface area contributed by atoms with Crippen molar-refractivity contribution in [2.45, 2.75) is 20.3 Å². The zero-order chi connectivity index (χ0) is 14.3. The first kappa shape index (κ1) is 15.9. The number of carbonyl (C=O) groups excluding carboxylic acids is 1. The van der Waals surface area contributed by atoms with Gasteiger partial charge in [0.05, 0.1) is 13.1 Å². The van der Waals surface area contributed by atoms with E-state index in [9.17, 15) is 9.59 Å². The highest BCUT2D eigenvalue weighted by Gasteiger charge is 2.19. The molecule has 0 spiro atoms. The number of carbonyl (C=O) groups is 2. The van der Waals surface area contributed by atoms with Crippen LogP contribution in [0.15, 0.2) is 0 Å². The first-order chi connectivity index (χ1) is 9.06. The highest BCUT2D eigenvalue weighted by Crippen LogP contribution is 2.04. The third-order valence-electron chi connectivity index (χ3n) is 3.52. The quantitative estimate of drug-likeness (QED) is 0.733. The van der Waals surface area contributed by atoms with Gasteiger partial charge in [-0.1, -0.05) is 0 Å². The number of rotatable bonds is 6. The van der Waals surface area contributed by atoms with Crippen molar-refractivity contribution in [2.24, 2.45) is 0 Å². The number of amides is 1. The summed E-state index contributed by atoms with van der Waals surface area (Å²) in [6.07, 6.45) is 0.915. The van der Waals surface area contributed by atoms with Crippen molar-refractivity contribution in [2.75, 3.05) is 52.4 Å². The third-order valence-corrected chi connectivity index (χ3v) is 3.52. The second-order valence-electron chi connectivity index (χ2n) is 4.87. The van der Waals surface area contributed by atoms with Crippen molar-refractivity contribution in [1.82, 2.24) is 14.7 Å². The van der Waals surface area contributed by atoms with Gasteiger partial charge in [-0.2, -0.15) is 0 Å². The molecule has 0 radical (unpaired) electrons. The normalized spacial score (nSPS) is 18.0. The summed E-state index contributed by atoms with van der Waals surface area (Å²) in [6.45, 7) is 9.14. The molecule has 0 aromatic heterocycles. The molecule has 110 valence electrons. The van der Waals surface area contributed by atoms with Crippen LogP contribution >= 0.6 is 0 Å². The van der Waals surface area contributed by atoms with Gasteiger partial charge in [0.15, 0.2) is 0 Å². The van der Waals surface area contributed by atoms with E-state index in [1.807, 2.05) is 23.6 Å². The second kappa shape index (κ2) is 8.12. The van der Waals surface area contributed by atoms with Crippen molar-refractivity contribution in [3.63, 3.8) is 0 Å². The van der Waals surface area contributed by atoms with E-state index in [4.69, 9.17) is 5.11 Å². The monoisotopic (exact) mass is 271 g/mol. The van der Waals surface area contributed by atoms with Crippen LogP contribution in [-0.4, -0.2) is 84.0 Å². The minimum Gasteiger partial charge on any atom is -0.480 e. The lowest BCUT2D eigenvalue weighted by atomic mass is 10.3. The van der Waals surface area contributed by atoms with Crippen LogP contribution in [0.3, 0.4) is 0 Å². The predicted molar refractivity (Wildman–Crippen MR) is 73.1 cm³/mol. The fraction of sp³-hybridized carbons (Fsp3) is 0.846. The summed E-state index contributed by atoms with van der Waals surface area (Å²) in [5.41, 5.74) is 0. The van der Waals surface area contributed by atoms with E-state index in [-0.39, 0.29) is 12.5 Å². The summed E-state index contributed by atoms with van der Waals surface area (Å²) >= 11 is 0. The van der Waals surface area contributed by atoms with Crippen molar-refractivity contribution in [1.29, 1.82) is 0 Å². The minimum absolute atomic E-state index is 0.0951. The van der Waals surface area contributed by atoms with E-state index in [2.05, 4.69) is 4.90 Å². The van der Waals surface area contributed by atoms with Crippen molar-refractivity contribution in [3.8, 4) is 0 Å². The van der Waals surface area contributed by atoms with E-state index < -0.39 is 5.97 Å². The van der Waals surface area contributed by atoms with Crippen LogP contribution in [0.1, 0.15) is 20.3 Å². The Bertz CT molecular complexity index is 306. The third kappa shape index (κ3) is 5.57. The molecule has 0 aliphatic carbocycles. The van der Waals surface area contributed by atoms with Gasteiger partial charge >= 0.3 is 5.97 Å². The molecule has 1 N–H and O–H groups in total. The Labute approximate surface area is 115 Å². The SMILES string of the molecule is CCN(CC)C(=O)CN1CCCN(CC(=O)O)CC1. The topological polar surface area (TPSA) is 64.1 Å². The summed E-state index contributed by atoms with van der Waals surface area (Å²) in [4.78, 5) is 28.6. The molecular formula is C13H25N3O3. The predicted octanol–water partition coefficient (Wildman–Crippen LogP) is -0.0529. The van der Waals surface area contributed by atoms with Gasteiger partial charge in [0.2, 0.25) is 5.91 Å². The zero-order valence-corrected chi connectivity index (χ0v) is 12.0. The van der Waals surface area contributed by atoms with Gasteiger partial charge in [-0.15, -0.1) is 0 Å². The molecule has 1 aliphatic rings. The molecule has 1 aliphatic heterocycles. The lowest BCUT2D eigenvalue weighted by molar-refractivity contribution is -0.138. The molecule has 6 heteroatoms. The number of carboxylic acids is 1. The van der Waals surface area contributed by atoms with Crippen molar-refractivity contribution < 1.29 is 14.7 Å². The lowest BCUT2D eigenvalue weighted by Crippen LogP contribution is -2.41. The highest BCUT2D eigenvalue weighted by atomic mass is 16.4. The van der Waals surface area contributed by atoms with Gasteiger partial charge in [0, 0.05) is 32.7 Å². The largest absolute Gasteiger partial charge is 0.480 e. The van der Waals surface area contributed by atoms with Gasteiger partial charge in [-0.25, -0.2) is 0 Å². The maximum atomic E-state index is 12.0. The smallest absolute Gasteiger partial charge is 0.317 e. The summed E-state index contributed by atoms with van der Waals surface area (Å²) in [6, 6.07) is 0. The van der Waals surface area contributed by atoms with Crippen LogP contribution in [0.25, 0.3) is 0 Å². The summed E-state index contributed by atoms with van der Waals surface area (Å²) in [5, 5.41) is 8.79. The average molecular weight is 271 g/mol. The number of hydrogen-bond acceptors (Lipinski definition) is 4. The van der Waals surface area contributed by atoms with E-state index in [1.165, 1.54) is 0 Å².